The monoisotopic (exact) mass is 362 g/mol. The largest absolute Gasteiger partial charge is 0.351 e. The minimum atomic E-state index is -0.0923. The van der Waals surface area contributed by atoms with Crippen molar-refractivity contribution in [3.63, 3.8) is 0 Å². The first kappa shape index (κ1) is 17.1. The van der Waals surface area contributed by atoms with Gasteiger partial charge in [0.2, 0.25) is 0 Å². The van der Waals surface area contributed by atoms with E-state index in [4.69, 9.17) is 0 Å². The minimum Gasteiger partial charge on any atom is -0.351 e. The first-order valence-corrected chi connectivity index (χ1v) is 10.0. The average molecular weight is 362 g/mol. The van der Waals surface area contributed by atoms with Crippen LogP contribution in [-0.4, -0.2) is 29.1 Å². The highest BCUT2D eigenvalue weighted by Crippen LogP contribution is 2.37. The van der Waals surface area contributed by atoms with Gasteiger partial charge in [-0.3, -0.25) is 4.79 Å². The summed E-state index contributed by atoms with van der Waals surface area (Å²) in [5, 5.41) is 0.881. The number of amidine groups is 1. The molecule has 0 N–H and O–H groups in total. The summed E-state index contributed by atoms with van der Waals surface area (Å²) in [6.45, 7) is 2.01. The van der Waals surface area contributed by atoms with Crippen molar-refractivity contribution in [2.24, 2.45) is 4.99 Å². The van der Waals surface area contributed by atoms with Gasteiger partial charge in [0.25, 0.3) is 5.91 Å². The van der Waals surface area contributed by atoms with Crippen molar-refractivity contribution in [1.29, 1.82) is 0 Å². The number of nitrogens with zero attached hydrogens (tertiary/aromatic N) is 2. The van der Waals surface area contributed by atoms with Crippen molar-refractivity contribution in [3.05, 3.63) is 76.7 Å². The van der Waals surface area contributed by atoms with E-state index < -0.39 is 0 Å². The van der Waals surface area contributed by atoms with E-state index in [0.29, 0.717) is 0 Å². The fourth-order valence-electron chi connectivity index (χ4n) is 3.46. The molecule has 1 saturated heterocycles. The van der Waals surface area contributed by atoms with Crippen molar-refractivity contribution in [2.75, 3.05) is 13.1 Å². The zero-order valence-corrected chi connectivity index (χ0v) is 15.5. The number of hydrogen-bond acceptors (Lipinski definition) is 3. The van der Waals surface area contributed by atoms with Gasteiger partial charge in [0.05, 0.1) is 4.91 Å². The maximum absolute atomic E-state index is 12.7. The lowest BCUT2D eigenvalue weighted by Crippen LogP contribution is -2.33. The number of aliphatic imine (C=N–C) groups is 1. The van der Waals surface area contributed by atoms with Crippen molar-refractivity contribution < 1.29 is 4.79 Å². The predicted molar refractivity (Wildman–Crippen MR) is 109 cm³/mol. The van der Waals surface area contributed by atoms with E-state index in [1.54, 1.807) is 11.8 Å². The molecule has 1 fully saturated rings. The molecule has 0 aliphatic carbocycles. The van der Waals surface area contributed by atoms with Gasteiger partial charge in [-0.15, -0.1) is 0 Å². The summed E-state index contributed by atoms with van der Waals surface area (Å²) >= 11 is 1.55. The van der Waals surface area contributed by atoms with Crippen LogP contribution in [0.4, 0.5) is 0 Å². The Morgan fingerprint density at radius 1 is 0.923 bits per heavy atom. The lowest BCUT2D eigenvalue weighted by Gasteiger charge is -2.27. The Kier molecular flexibility index (Phi) is 5.21. The number of likely N-dealkylation sites (tertiary alicyclic amines) is 1. The smallest absolute Gasteiger partial charge is 0.286 e. The van der Waals surface area contributed by atoms with Crippen LogP contribution >= 0.6 is 11.8 Å². The maximum atomic E-state index is 12.7. The molecule has 0 saturated carbocycles. The molecule has 3 nitrogen and oxygen atoms in total. The third kappa shape index (κ3) is 3.75. The van der Waals surface area contributed by atoms with Gasteiger partial charge >= 0.3 is 0 Å². The molecule has 2 aromatic carbocycles. The van der Waals surface area contributed by atoms with E-state index in [2.05, 4.69) is 34.2 Å². The highest BCUT2D eigenvalue weighted by atomic mass is 32.2. The SMILES string of the molecule is O=C1N=C(N2CCCCC2)S/C1=C(\Cc1ccccc1)c1ccccc1. The Hall–Kier alpha value is -2.33. The molecule has 132 valence electrons. The summed E-state index contributed by atoms with van der Waals surface area (Å²) in [6.07, 6.45) is 4.38. The number of rotatable bonds is 3. The van der Waals surface area contributed by atoms with Gasteiger partial charge in [0, 0.05) is 13.1 Å². The zero-order valence-electron chi connectivity index (χ0n) is 14.7. The van der Waals surface area contributed by atoms with E-state index in [9.17, 15) is 4.79 Å². The number of allylic oxidation sites excluding steroid dienone is 1. The molecule has 0 unspecified atom stereocenters. The maximum Gasteiger partial charge on any atom is 0.286 e. The van der Waals surface area contributed by atoms with Crippen LogP contribution in [0.5, 0.6) is 0 Å². The number of amides is 1. The Balaban J connectivity index is 1.68. The average Bonchev–Trinajstić information content (AvgIpc) is 3.10. The van der Waals surface area contributed by atoms with Crippen LogP contribution in [0.2, 0.25) is 0 Å². The summed E-state index contributed by atoms with van der Waals surface area (Å²) in [5.74, 6) is -0.0923. The number of carbonyl (C=O) groups is 1. The summed E-state index contributed by atoms with van der Waals surface area (Å²) in [6, 6.07) is 20.5. The summed E-state index contributed by atoms with van der Waals surface area (Å²) in [4.78, 5) is 20.2. The van der Waals surface area contributed by atoms with E-state index in [0.717, 1.165) is 40.7 Å². The number of piperidine rings is 1. The lowest BCUT2D eigenvalue weighted by molar-refractivity contribution is -0.113. The normalized spacial score (nSPS) is 19.5. The van der Waals surface area contributed by atoms with Crippen LogP contribution < -0.4 is 0 Å². The number of hydrogen-bond donors (Lipinski definition) is 0. The molecule has 2 aromatic rings. The molecular formula is C22H22N2OS. The standard InChI is InChI=1S/C22H22N2OS/c25-21-20(26-22(23-21)24-14-8-3-9-15-24)19(18-12-6-2-7-13-18)16-17-10-4-1-5-11-17/h1-2,4-7,10-13H,3,8-9,14-16H2/b20-19+. The molecule has 1 amide bonds. The molecule has 0 bridgehead atoms. The van der Waals surface area contributed by atoms with Crippen molar-refractivity contribution >= 4 is 28.4 Å². The number of carbonyl (C=O) groups excluding carboxylic acids is 1. The summed E-state index contributed by atoms with van der Waals surface area (Å²) < 4.78 is 0. The first-order chi connectivity index (χ1) is 12.8. The quantitative estimate of drug-likeness (QED) is 0.738. The van der Waals surface area contributed by atoms with E-state index in [-0.39, 0.29) is 5.91 Å². The molecule has 4 rings (SSSR count). The van der Waals surface area contributed by atoms with Gasteiger partial charge < -0.3 is 4.90 Å². The Morgan fingerprint density at radius 2 is 1.58 bits per heavy atom. The van der Waals surface area contributed by atoms with Crippen molar-refractivity contribution in [1.82, 2.24) is 4.90 Å². The molecule has 0 spiro atoms. The topological polar surface area (TPSA) is 32.7 Å². The van der Waals surface area contributed by atoms with Gasteiger partial charge in [0.15, 0.2) is 5.17 Å². The Bertz CT molecular complexity index is 837. The van der Waals surface area contributed by atoms with Crippen LogP contribution in [0, 0.1) is 0 Å². The second kappa shape index (κ2) is 7.92. The first-order valence-electron chi connectivity index (χ1n) is 9.19. The number of thioether (sulfide) groups is 1. The predicted octanol–water partition coefficient (Wildman–Crippen LogP) is 4.76. The fraction of sp³-hybridized carbons (Fsp3) is 0.273. The van der Waals surface area contributed by atoms with Crippen LogP contribution in [0.1, 0.15) is 30.4 Å². The van der Waals surface area contributed by atoms with Gasteiger partial charge in [0.1, 0.15) is 0 Å². The molecule has 4 heteroatoms. The van der Waals surface area contributed by atoms with Gasteiger partial charge in [-0.05, 0) is 54.1 Å². The second-order valence-electron chi connectivity index (χ2n) is 6.69. The van der Waals surface area contributed by atoms with Crippen LogP contribution in [0.15, 0.2) is 70.6 Å². The molecule has 2 aliphatic heterocycles. The summed E-state index contributed by atoms with van der Waals surface area (Å²) in [7, 11) is 0. The molecule has 0 atom stereocenters. The van der Waals surface area contributed by atoms with Crippen molar-refractivity contribution in [3.8, 4) is 0 Å². The van der Waals surface area contributed by atoms with E-state index in [1.807, 2.05) is 36.4 Å². The van der Waals surface area contributed by atoms with E-state index in [1.165, 1.54) is 24.8 Å². The Labute approximate surface area is 158 Å². The van der Waals surface area contributed by atoms with Crippen LogP contribution in [0.3, 0.4) is 0 Å². The van der Waals surface area contributed by atoms with Crippen molar-refractivity contribution in [2.45, 2.75) is 25.7 Å². The van der Waals surface area contributed by atoms with Gasteiger partial charge in [-0.1, -0.05) is 60.7 Å². The third-order valence-electron chi connectivity index (χ3n) is 4.83. The van der Waals surface area contributed by atoms with E-state index >= 15 is 0 Å². The van der Waals surface area contributed by atoms with Crippen LogP contribution in [-0.2, 0) is 11.2 Å². The lowest BCUT2D eigenvalue weighted by atomic mass is 9.97. The second-order valence-corrected chi connectivity index (χ2v) is 7.66. The molecule has 2 aliphatic rings. The highest BCUT2D eigenvalue weighted by Gasteiger charge is 2.29. The Morgan fingerprint density at radius 3 is 2.27 bits per heavy atom. The molecule has 2 heterocycles. The zero-order chi connectivity index (χ0) is 17.8. The molecule has 26 heavy (non-hydrogen) atoms. The van der Waals surface area contributed by atoms with Gasteiger partial charge in [-0.25, -0.2) is 0 Å². The molecular weight excluding hydrogens is 340 g/mol. The highest BCUT2D eigenvalue weighted by molar-refractivity contribution is 8.18. The molecule has 0 radical (unpaired) electrons. The number of benzene rings is 2. The summed E-state index contributed by atoms with van der Waals surface area (Å²) in [5.41, 5.74) is 3.38. The molecule has 0 aromatic heterocycles. The van der Waals surface area contributed by atoms with Crippen LogP contribution in [0.25, 0.3) is 5.57 Å². The van der Waals surface area contributed by atoms with Gasteiger partial charge in [-0.2, -0.15) is 4.99 Å². The minimum absolute atomic E-state index is 0.0923. The third-order valence-corrected chi connectivity index (χ3v) is 5.99. The fourth-order valence-corrected chi connectivity index (χ4v) is 4.53.